The first-order chi connectivity index (χ1) is 7.20. The van der Waals surface area contributed by atoms with E-state index < -0.39 is 5.79 Å². The maximum Gasteiger partial charge on any atom is 0.298 e. The monoisotopic (exact) mass is 266 g/mol. The zero-order valence-corrected chi connectivity index (χ0v) is 9.28. The summed E-state index contributed by atoms with van der Waals surface area (Å²) in [7, 11) is 0. The Hall–Kier alpha value is -1.13. The quantitative estimate of drug-likeness (QED) is 0.731. The van der Waals surface area contributed by atoms with Crippen molar-refractivity contribution in [3.05, 3.63) is 40.4 Å². The lowest BCUT2D eigenvalue weighted by molar-refractivity contribution is -0.127. The molecule has 3 nitrogen and oxygen atoms in total. The van der Waals surface area contributed by atoms with Crippen LogP contribution in [0.25, 0.3) is 5.76 Å². The first-order valence-electron chi connectivity index (χ1n) is 4.55. The normalized spacial score (nSPS) is 27.8. The number of benzene rings is 1. The molecule has 2 aliphatic rings. The van der Waals surface area contributed by atoms with Crippen molar-refractivity contribution in [2.24, 2.45) is 0 Å². The minimum absolute atomic E-state index is 0.0968. The third-order valence-corrected chi connectivity index (χ3v) is 2.98. The summed E-state index contributed by atoms with van der Waals surface area (Å²) in [6.07, 6.45) is 1.50. The third kappa shape index (κ3) is 1.41. The standard InChI is InChI=1S/C11H7BrO3/c12-8-3-1-7(2-4-8)9-5-10(13)11(15-9)6-14-11/h1-5H,6H2. The van der Waals surface area contributed by atoms with Crippen molar-refractivity contribution < 1.29 is 14.3 Å². The minimum atomic E-state index is -0.970. The van der Waals surface area contributed by atoms with Crippen LogP contribution in [0.4, 0.5) is 0 Å². The summed E-state index contributed by atoms with van der Waals surface area (Å²) >= 11 is 3.35. The van der Waals surface area contributed by atoms with Crippen molar-refractivity contribution in [2.75, 3.05) is 6.61 Å². The Morgan fingerprint density at radius 1 is 1.27 bits per heavy atom. The second kappa shape index (κ2) is 2.93. The second-order valence-electron chi connectivity index (χ2n) is 3.52. The van der Waals surface area contributed by atoms with Crippen LogP contribution in [-0.4, -0.2) is 18.2 Å². The molecule has 15 heavy (non-hydrogen) atoms. The molecule has 76 valence electrons. The highest BCUT2D eigenvalue weighted by atomic mass is 79.9. The Balaban J connectivity index is 1.93. The van der Waals surface area contributed by atoms with E-state index in [9.17, 15) is 4.79 Å². The van der Waals surface area contributed by atoms with Crippen LogP contribution in [0.2, 0.25) is 0 Å². The van der Waals surface area contributed by atoms with Crippen molar-refractivity contribution in [1.82, 2.24) is 0 Å². The van der Waals surface area contributed by atoms with Gasteiger partial charge in [0.2, 0.25) is 5.78 Å². The molecule has 1 atom stereocenters. The summed E-state index contributed by atoms with van der Waals surface area (Å²) in [6, 6.07) is 7.60. The Morgan fingerprint density at radius 2 is 1.93 bits per heavy atom. The molecule has 4 heteroatoms. The van der Waals surface area contributed by atoms with Crippen molar-refractivity contribution >= 4 is 27.5 Å². The second-order valence-corrected chi connectivity index (χ2v) is 4.44. The number of epoxide rings is 1. The molecule has 2 aliphatic heterocycles. The molecular weight excluding hydrogens is 260 g/mol. The largest absolute Gasteiger partial charge is 0.451 e. The fourth-order valence-corrected chi connectivity index (χ4v) is 1.77. The number of hydrogen-bond donors (Lipinski definition) is 0. The highest BCUT2D eigenvalue weighted by Crippen LogP contribution is 2.40. The number of carbonyl (C=O) groups excluding carboxylic acids is 1. The molecule has 0 bridgehead atoms. The molecule has 1 fully saturated rings. The zero-order chi connectivity index (χ0) is 10.5. The first kappa shape index (κ1) is 9.12. The first-order valence-corrected chi connectivity index (χ1v) is 5.34. The van der Waals surface area contributed by atoms with Gasteiger partial charge in [0.05, 0.1) is 0 Å². The van der Waals surface area contributed by atoms with Crippen molar-refractivity contribution in [2.45, 2.75) is 5.79 Å². The summed E-state index contributed by atoms with van der Waals surface area (Å²) < 4.78 is 11.5. The van der Waals surface area contributed by atoms with Gasteiger partial charge in [0.1, 0.15) is 12.4 Å². The molecule has 0 N–H and O–H groups in total. The predicted molar refractivity (Wildman–Crippen MR) is 56.9 cm³/mol. The van der Waals surface area contributed by atoms with Gasteiger partial charge in [-0.3, -0.25) is 4.79 Å². The zero-order valence-electron chi connectivity index (χ0n) is 7.70. The Kier molecular flexibility index (Phi) is 1.78. The molecule has 2 heterocycles. The van der Waals surface area contributed by atoms with Crippen LogP contribution in [-0.2, 0) is 14.3 Å². The van der Waals surface area contributed by atoms with E-state index in [2.05, 4.69) is 15.9 Å². The average molecular weight is 267 g/mol. The summed E-state index contributed by atoms with van der Waals surface area (Å²) in [5, 5.41) is 0. The van der Waals surface area contributed by atoms with E-state index in [1.807, 2.05) is 24.3 Å². The topological polar surface area (TPSA) is 38.8 Å². The number of carbonyl (C=O) groups is 1. The summed E-state index contributed by atoms with van der Waals surface area (Å²) in [5.74, 6) is -0.479. The number of rotatable bonds is 1. The molecule has 3 rings (SSSR count). The molecule has 0 amide bonds. The molecule has 1 spiro atoms. The highest BCUT2D eigenvalue weighted by molar-refractivity contribution is 9.10. The van der Waals surface area contributed by atoms with Crippen molar-refractivity contribution in [1.29, 1.82) is 0 Å². The maximum atomic E-state index is 11.5. The minimum Gasteiger partial charge on any atom is -0.451 e. The number of halogens is 1. The van der Waals surface area contributed by atoms with E-state index >= 15 is 0 Å². The number of hydrogen-bond acceptors (Lipinski definition) is 3. The van der Waals surface area contributed by atoms with Crippen LogP contribution in [0.15, 0.2) is 34.8 Å². The van der Waals surface area contributed by atoms with Gasteiger partial charge >= 0.3 is 0 Å². The van der Waals surface area contributed by atoms with E-state index in [-0.39, 0.29) is 5.78 Å². The number of ketones is 1. The van der Waals surface area contributed by atoms with Crippen LogP contribution in [0.5, 0.6) is 0 Å². The van der Waals surface area contributed by atoms with Crippen LogP contribution >= 0.6 is 15.9 Å². The van der Waals surface area contributed by atoms with Gasteiger partial charge in [0.15, 0.2) is 0 Å². The SMILES string of the molecule is O=C1C=C(c2ccc(Br)cc2)OC12CO2. The lowest BCUT2D eigenvalue weighted by Crippen LogP contribution is -2.19. The third-order valence-electron chi connectivity index (χ3n) is 2.45. The average Bonchev–Trinajstić information content (AvgIpc) is 2.91. The summed E-state index contributed by atoms with van der Waals surface area (Å²) in [5.41, 5.74) is 0.888. The molecule has 0 radical (unpaired) electrons. The Labute approximate surface area is 94.8 Å². The van der Waals surface area contributed by atoms with Crippen LogP contribution in [0.3, 0.4) is 0 Å². The van der Waals surface area contributed by atoms with Crippen LogP contribution in [0, 0.1) is 0 Å². The predicted octanol–water partition coefficient (Wildman–Crippen LogP) is 2.12. The summed E-state index contributed by atoms with van der Waals surface area (Å²) in [6.45, 7) is 0.363. The van der Waals surface area contributed by atoms with Gasteiger partial charge in [-0.05, 0) is 12.1 Å². The van der Waals surface area contributed by atoms with Crippen LogP contribution < -0.4 is 0 Å². The molecule has 1 aromatic rings. The fraction of sp³-hybridized carbons (Fsp3) is 0.182. The number of ether oxygens (including phenoxy) is 2. The molecule has 0 saturated carbocycles. The fourth-order valence-electron chi connectivity index (χ4n) is 1.51. The Morgan fingerprint density at radius 3 is 2.47 bits per heavy atom. The van der Waals surface area contributed by atoms with Gasteiger partial charge < -0.3 is 9.47 Å². The van der Waals surface area contributed by atoms with E-state index in [4.69, 9.17) is 9.47 Å². The highest BCUT2D eigenvalue weighted by Gasteiger charge is 2.58. The maximum absolute atomic E-state index is 11.5. The summed E-state index contributed by atoms with van der Waals surface area (Å²) in [4.78, 5) is 11.5. The lowest BCUT2D eigenvalue weighted by atomic mass is 10.2. The molecule has 0 aromatic heterocycles. The van der Waals surface area contributed by atoms with Crippen molar-refractivity contribution in [3.8, 4) is 0 Å². The van der Waals surface area contributed by atoms with Gasteiger partial charge in [-0.2, -0.15) is 0 Å². The molecule has 0 aliphatic carbocycles. The molecule has 1 saturated heterocycles. The van der Waals surface area contributed by atoms with E-state index in [0.29, 0.717) is 12.4 Å². The van der Waals surface area contributed by atoms with E-state index in [0.717, 1.165) is 10.0 Å². The Bertz CT molecular complexity index is 457. The van der Waals surface area contributed by atoms with Gasteiger partial charge in [-0.15, -0.1) is 0 Å². The smallest absolute Gasteiger partial charge is 0.298 e. The molecule has 1 unspecified atom stereocenters. The van der Waals surface area contributed by atoms with E-state index in [1.165, 1.54) is 6.08 Å². The van der Waals surface area contributed by atoms with Gasteiger partial charge in [0.25, 0.3) is 5.79 Å². The van der Waals surface area contributed by atoms with Gasteiger partial charge in [-0.1, -0.05) is 28.1 Å². The van der Waals surface area contributed by atoms with Gasteiger partial charge in [0, 0.05) is 16.1 Å². The van der Waals surface area contributed by atoms with E-state index in [1.54, 1.807) is 0 Å². The van der Waals surface area contributed by atoms with Gasteiger partial charge in [-0.25, -0.2) is 0 Å². The van der Waals surface area contributed by atoms with Crippen molar-refractivity contribution in [3.63, 3.8) is 0 Å². The molecule has 1 aromatic carbocycles. The van der Waals surface area contributed by atoms with Crippen LogP contribution in [0.1, 0.15) is 5.56 Å². The molecular formula is C11H7BrO3. The lowest BCUT2D eigenvalue weighted by Gasteiger charge is -2.06.